The summed E-state index contributed by atoms with van der Waals surface area (Å²) in [5.41, 5.74) is 1.11. The fraction of sp³-hybridized carbons (Fsp3) is 0.636. The maximum Gasteiger partial charge on any atom is 0.242 e. The van der Waals surface area contributed by atoms with E-state index in [0.29, 0.717) is 32.0 Å². The number of hydrogen-bond donors (Lipinski definition) is 0. The van der Waals surface area contributed by atoms with Crippen molar-refractivity contribution in [3.63, 3.8) is 0 Å². The molecule has 2 amide bonds. The number of carbonyl (C=O) groups excluding carboxylic acids is 2. The Morgan fingerprint density at radius 1 is 0.737 bits per heavy atom. The number of nitrogens with zero attached hydrogens (tertiary/aromatic N) is 2. The quantitative estimate of drug-likeness (QED) is 0.148. The second kappa shape index (κ2) is 19.9. The van der Waals surface area contributed by atoms with Crippen molar-refractivity contribution >= 4 is 23.2 Å². The third-order valence-corrected chi connectivity index (χ3v) is 8.26. The van der Waals surface area contributed by atoms with Gasteiger partial charge in [-0.05, 0) is 29.3 Å². The van der Waals surface area contributed by atoms with E-state index < -0.39 is 0 Å². The van der Waals surface area contributed by atoms with Gasteiger partial charge in [-0.2, -0.15) is 0 Å². The van der Waals surface area contributed by atoms with Gasteiger partial charge in [-0.15, -0.1) is 11.3 Å². The molecule has 0 bridgehead atoms. The van der Waals surface area contributed by atoms with E-state index >= 15 is 0 Å². The predicted molar refractivity (Wildman–Crippen MR) is 162 cm³/mol. The maximum absolute atomic E-state index is 13.6. The summed E-state index contributed by atoms with van der Waals surface area (Å²) in [5.74, 6) is 0.534. The van der Waals surface area contributed by atoms with Gasteiger partial charge in [-0.1, -0.05) is 128 Å². The summed E-state index contributed by atoms with van der Waals surface area (Å²) in [7, 11) is 0. The first-order valence-corrected chi connectivity index (χ1v) is 16.0. The van der Waals surface area contributed by atoms with Gasteiger partial charge in [-0.25, -0.2) is 0 Å². The van der Waals surface area contributed by atoms with Crippen molar-refractivity contribution in [2.75, 3.05) is 13.1 Å². The summed E-state index contributed by atoms with van der Waals surface area (Å²) in [6.07, 6.45) is 15.5. The molecular formula is C33H52N2O2S. The highest BCUT2D eigenvalue weighted by molar-refractivity contribution is 7.09. The molecule has 1 heterocycles. The van der Waals surface area contributed by atoms with Gasteiger partial charge in [0.05, 0.1) is 13.1 Å². The van der Waals surface area contributed by atoms with Crippen LogP contribution in [0.3, 0.4) is 0 Å². The highest BCUT2D eigenvalue weighted by Crippen LogP contribution is 2.17. The standard InChI is InChI=1S/C33H52N2O2S/c1-4-6-7-8-9-10-11-12-13-14-18-23-32(36)34(25-29(3)5-2)28-33(37)35(27-31-22-19-24-38-31)26-30-20-16-15-17-21-30/h15-17,19-22,24,29H,4-14,18,23,25-28H2,1-3H3. The first-order valence-electron chi connectivity index (χ1n) is 15.1. The summed E-state index contributed by atoms with van der Waals surface area (Å²) >= 11 is 1.67. The molecule has 5 heteroatoms. The van der Waals surface area contributed by atoms with Gasteiger partial charge in [0.25, 0.3) is 0 Å². The van der Waals surface area contributed by atoms with E-state index in [0.717, 1.165) is 29.7 Å². The number of unbranched alkanes of at least 4 members (excludes halogenated alkanes) is 10. The molecule has 1 aromatic carbocycles. The van der Waals surface area contributed by atoms with Gasteiger partial charge >= 0.3 is 0 Å². The van der Waals surface area contributed by atoms with Crippen molar-refractivity contribution in [1.29, 1.82) is 0 Å². The molecule has 0 spiro atoms. The van der Waals surface area contributed by atoms with Gasteiger partial charge in [0.2, 0.25) is 11.8 Å². The van der Waals surface area contributed by atoms with Gasteiger partial charge in [0, 0.05) is 24.4 Å². The van der Waals surface area contributed by atoms with Gasteiger partial charge < -0.3 is 9.80 Å². The first-order chi connectivity index (χ1) is 18.5. The zero-order valence-corrected chi connectivity index (χ0v) is 25.2. The zero-order valence-electron chi connectivity index (χ0n) is 24.3. The van der Waals surface area contributed by atoms with Crippen LogP contribution in [0.25, 0.3) is 0 Å². The topological polar surface area (TPSA) is 40.6 Å². The van der Waals surface area contributed by atoms with E-state index in [2.05, 4.69) is 39.0 Å². The van der Waals surface area contributed by atoms with E-state index in [1.54, 1.807) is 11.3 Å². The van der Waals surface area contributed by atoms with Crippen molar-refractivity contribution < 1.29 is 9.59 Å². The lowest BCUT2D eigenvalue weighted by Crippen LogP contribution is -2.44. The molecule has 1 unspecified atom stereocenters. The SMILES string of the molecule is CCCCCCCCCCCCCC(=O)N(CC(=O)N(Cc1ccccc1)Cc1cccs1)CC(C)CC. The van der Waals surface area contributed by atoms with Crippen molar-refractivity contribution in [2.24, 2.45) is 5.92 Å². The molecule has 0 fully saturated rings. The molecule has 1 atom stereocenters. The summed E-state index contributed by atoms with van der Waals surface area (Å²) in [4.78, 5) is 31.7. The first kappa shape index (κ1) is 32.1. The largest absolute Gasteiger partial charge is 0.333 e. The monoisotopic (exact) mass is 540 g/mol. The summed E-state index contributed by atoms with van der Waals surface area (Å²) in [5, 5.41) is 2.05. The molecule has 0 N–H and O–H groups in total. The van der Waals surface area contributed by atoms with Gasteiger partial charge in [0.1, 0.15) is 0 Å². The van der Waals surface area contributed by atoms with Crippen LogP contribution in [0.2, 0.25) is 0 Å². The molecule has 0 radical (unpaired) electrons. The van der Waals surface area contributed by atoms with Crippen molar-refractivity contribution in [2.45, 2.75) is 117 Å². The van der Waals surface area contributed by atoms with Crippen LogP contribution < -0.4 is 0 Å². The molecule has 0 aliphatic heterocycles. The third kappa shape index (κ3) is 13.6. The Labute approximate surface area is 236 Å². The van der Waals surface area contributed by atoms with Crippen LogP contribution in [-0.4, -0.2) is 34.7 Å². The lowest BCUT2D eigenvalue weighted by molar-refractivity contribution is -0.141. The second-order valence-electron chi connectivity index (χ2n) is 10.9. The minimum absolute atomic E-state index is 0.0258. The molecule has 0 aliphatic carbocycles. The molecule has 0 saturated heterocycles. The van der Waals surface area contributed by atoms with Gasteiger partial charge in [-0.3, -0.25) is 9.59 Å². The van der Waals surface area contributed by atoms with E-state index in [1.807, 2.05) is 39.4 Å². The fourth-order valence-corrected chi connectivity index (χ4v) is 5.47. The minimum Gasteiger partial charge on any atom is -0.333 e. The fourth-order valence-electron chi connectivity index (χ4n) is 4.75. The number of carbonyl (C=O) groups is 2. The number of thiophene rings is 1. The molecular weight excluding hydrogens is 488 g/mol. The van der Waals surface area contributed by atoms with Crippen LogP contribution in [-0.2, 0) is 22.7 Å². The van der Waals surface area contributed by atoms with Crippen molar-refractivity contribution in [1.82, 2.24) is 9.80 Å². The average Bonchev–Trinajstić information content (AvgIpc) is 3.44. The Morgan fingerprint density at radius 3 is 1.95 bits per heavy atom. The van der Waals surface area contributed by atoms with Gasteiger partial charge in [0.15, 0.2) is 0 Å². The molecule has 2 aromatic rings. The lowest BCUT2D eigenvalue weighted by Gasteiger charge is -2.29. The summed E-state index contributed by atoms with van der Waals surface area (Å²) in [6, 6.07) is 14.2. The number of benzene rings is 1. The van der Waals surface area contributed by atoms with E-state index in [1.165, 1.54) is 57.8 Å². The second-order valence-corrected chi connectivity index (χ2v) is 11.9. The predicted octanol–water partition coefficient (Wildman–Crippen LogP) is 8.85. The molecule has 2 rings (SSSR count). The van der Waals surface area contributed by atoms with E-state index in [4.69, 9.17) is 0 Å². The molecule has 0 aliphatic rings. The molecule has 1 aromatic heterocycles. The summed E-state index contributed by atoms with van der Waals surface area (Å²) in [6.45, 7) is 8.53. The number of hydrogen-bond acceptors (Lipinski definition) is 3. The molecule has 38 heavy (non-hydrogen) atoms. The highest BCUT2D eigenvalue weighted by atomic mass is 32.1. The van der Waals surface area contributed by atoms with Crippen molar-refractivity contribution in [3.8, 4) is 0 Å². The Kier molecular flexibility index (Phi) is 16.8. The minimum atomic E-state index is 0.0258. The van der Waals surface area contributed by atoms with E-state index in [9.17, 15) is 9.59 Å². The average molecular weight is 541 g/mol. The third-order valence-electron chi connectivity index (χ3n) is 7.40. The van der Waals surface area contributed by atoms with Crippen molar-refractivity contribution in [3.05, 3.63) is 58.3 Å². The van der Waals surface area contributed by atoms with Crippen LogP contribution in [0.1, 0.15) is 115 Å². The summed E-state index contributed by atoms with van der Waals surface area (Å²) < 4.78 is 0. The Hall–Kier alpha value is -2.14. The molecule has 4 nitrogen and oxygen atoms in total. The number of rotatable bonds is 21. The van der Waals surface area contributed by atoms with Crippen LogP contribution in [0.4, 0.5) is 0 Å². The van der Waals surface area contributed by atoms with Crippen LogP contribution in [0.15, 0.2) is 47.8 Å². The van der Waals surface area contributed by atoms with Crippen LogP contribution >= 0.6 is 11.3 Å². The van der Waals surface area contributed by atoms with Crippen LogP contribution in [0.5, 0.6) is 0 Å². The lowest BCUT2D eigenvalue weighted by atomic mass is 10.0. The van der Waals surface area contributed by atoms with Crippen LogP contribution in [0, 0.1) is 5.92 Å². The molecule has 0 saturated carbocycles. The zero-order chi connectivity index (χ0) is 27.4. The Balaban J connectivity index is 1.84. The smallest absolute Gasteiger partial charge is 0.242 e. The molecule has 212 valence electrons. The highest BCUT2D eigenvalue weighted by Gasteiger charge is 2.23. The Bertz CT molecular complexity index is 868. The van der Waals surface area contributed by atoms with E-state index in [-0.39, 0.29) is 18.4 Å². The Morgan fingerprint density at radius 2 is 1.37 bits per heavy atom. The normalized spacial score (nSPS) is 11.9. The number of amides is 2. The maximum atomic E-state index is 13.6.